The quantitative estimate of drug-likeness (QED) is 0.452. The van der Waals surface area contributed by atoms with Crippen molar-refractivity contribution in [3.05, 3.63) is 94.3 Å². The van der Waals surface area contributed by atoms with Gasteiger partial charge in [0.05, 0.1) is 17.5 Å². The van der Waals surface area contributed by atoms with Gasteiger partial charge in [0, 0.05) is 17.3 Å². The van der Waals surface area contributed by atoms with Crippen LogP contribution in [-0.4, -0.2) is 26.0 Å². The van der Waals surface area contributed by atoms with Crippen LogP contribution in [0, 0.1) is 13.8 Å². The first-order valence-electron chi connectivity index (χ1n) is 10.6. The number of benzene rings is 3. The van der Waals surface area contributed by atoms with E-state index in [1.807, 2.05) is 38.1 Å². The molecule has 0 unspecified atom stereocenters. The Bertz CT molecular complexity index is 1550. The lowest BCUT2D eigenvalue weighted by Crippen LogP contribution is -2.24. The van der Waals surface area contributed by atoms with E-state index in [-0.39, 0.29) is 27.6 Å². The van der Waals surface area contributed by atoms with Crippen molar-refractivity contribution < 1.29 is 17.9 Å². The predicted molar refractivity (Wildman–Crippen MR) is 131 cm³/mol. The van der Waals surface area contributed by atoms with Crippen LogP contribution in [-0.2, 0) is 21.2 Å². The first-order valence-corrected chi connectivity index (χ1v) is 12.1. The van der Waals surface area contributed by atoms with Crippen molar-refractivity contribution in [2.45, 2.75) is 30.2 Å². The summed E-state index contributed by atoms with van der Waals surface area (Å²) in [4.78, 5) is 25.7. The van der Waals surface area contributed by atoms with Crippen LogP contribution in [0.15, 0.2) is 87.5 Å². The molecule has 4 rings (SSSR count). The zero-order valence-electron chi connectivity index (χ0n) is 19.0. The Morgan fingerprint density at radius 3 is 2.38 bits per heavy atom. The van der Waals surface area contributed by atoms with E-state index in [1.54, 1.807) is 18.2 Å². The van der Waals surface area contributed by atoms with Crippen molar-refractivity contribution in [2.24, 2.45) is 0 Å². The number of methoxy groups -OCH3 is 1. The normalized spacial score (nSPS) is 11.4. The minimum absolute atomic E-state index is 0.0340. The van der Waals surface area contributed by atoms with Gasteiger partial charge in [-0.15, -0.1) is 0 Å². The fourth-order valence-electron chi connectivity index (χ4n) is 3.75. The molecular weight excluding hydrogens is 452 g/mol. The van der Waals surface area contributed by atoms with E-state index in [1.165, 1.54) is 42.1 Å². The van der Waals surface area contributed by atoms with Gasteiger partial charge in [0.2, 0.25) is 21.2 Å². The molecule has 0 atom stereocenters. The molecule has 1 heterocycles. The Labute approximate surface area is 197 Å². The van der Waals surface area contributed by atoms with Crippen molar-refractivity contribution in [1.29, 1.82) is 0 Å². The van der Waals surface area contributed by atoms with E-state index < -0.39 is 15.3 Å². The Balaban J connectivity index is 1.82. The molecule has 0 saturated heterocycles. The second kappa shape index (κ2) is 9.15. The third-order valence-electron chi connectivity index (χ3n) is 5.60. The third kappa shape index (κ3) is 4.45. The second-order valence-corrected chi connectivity index (χ2v) is 9.93. The number of carbonyl (C=O) groups excluding carboxylic acids is 1. The number of hydrogen-bond donors (Lipinski definition) is 1. The van der Waals surface area contributed by atoms with Crippen LogP contribution >= 0.6 is 0 Å². The Kier molecular flexibility index (Phi) is 6.26. The minimum atomic E-state index is -4.14. The summed E-state index contributed by atoms with van der Waals surface area (Å²) in [5.74, 6) is 0.158. The largest absolute Gasteiger partial charge is 0.497 e. The summed E-state index contributed by atoms with van der Waals surface area (Å²) in [7, 11) is -2.66. The average Bonchev–Trinajstić information content (AvgIpc) is 2.82. The number of pyridine rings is 1. The van der Waals surface area contributed by atoms with E-state index in [4.69, 9.17) is 4.74 Å². The summed E-state index contributed by atoms with van der Waals surface area (Å²) in [5, 5.41) is 3.09. The van der Waals surface area contributed by atoms with Crippen LogP contribution in [0.2, 0.25) is 0 Å². The zero-order chi connectivity index (χ0) is 24.5. The van der Waals surface area contributed by atoms with Crippen LogP contribution < -0.4 is 15.5 Å². The van der Waals surface area contributed by atoms with Gasteiger partial charge >= 0.3 is 0 Å². The molecule has 0 aliphatic carbocycles. The third-order valence-corrected chi connectivity index (χ3v) is 7.36. The number of aryl methyl sites for hydroxylation is 2. The standard InChI is InChI=1S/C26H24N2O5S/c1-17-8-13-23-21(14-17)26(30)24(34(31,32)20-11-9-19(33-3)10-12-20)15-28(23)16-25(29)27-22-7-5-4-6-18(22)2/h4-15H,16H2,1-3H3,(H,27,29). The number of hydrogen-bond acceptors (Lipinski definition) is 5. The first-order chi connectivity index (χ1) is 16.2. The van der Waals surface area contributed by atoms with Gasteiger partial charge in [-0.2, -0.15) is 0 Å². The summed E-state index contributed by atoms with van der Waals surface area (Å²) >= 11 is 0. The molecule has 1 amide bonds. The van der Waals surface area contributed by atoms with Gasteiger partial charge in [0.15, 0.2) is 0 Å². The Morgan fingerprint density at radius 1 is 1.00 bits per heavy atom. The van der Waals surface area contributed by atoms with Crippen LogP contribution in [0.4, 0.5) is 5.69 Å². The molecule has 3 aromatic carbocycles. The smallest absolute Gasteiger partial charge is 0.244 e. The highest BCUT2D eigenvalue weighted by Gasteiger charge is 2.24. The SMILES string of the molecule is COc1ccc(S(=O)(=O)c2cn(CC(=O)Nc3ccccc3C)c3ccc(C)cc3c2=O)cc1. The summed E-state index contributed by atoms with van der Waals surface area (Å²) in [6.07, 6.45) is 1.25. The number of fused-ring (bicyclic) bond motifs is 1. The maximum atomic E-state index is 13.4. The highest BCUT2D eigenvalue weighted by atomic mass is 32.2. The molecule has 0 saturated carbocycles. The number of sulfone groups is 1. The van der Waals surface area contributed by atoms with Gasteiger partial charge in [-0.05, 0) is 61.9 Å². The van der Waals surface area contributed by atoms with E-state index in [0.29, 0.717) is 17.0 Å². The van der Waals surface area contributed by atoms with Crippen LogP contribution in [0.5, 0.6) is 5.75 Å². The average molecular weight is 477 g/mol. The number of ether oxygens (including phenoxy) is 1. The lowest BCUT2D eigenvalue weighted by molar-refractivity contribution is -0.116. The highest BCUT2D eigenvalue weighted by molar-refractivity contribution is 7.91. The molecule has 0 radical (unpaired) electrons. The molecule has 0 aliphatic heterocycles. The molecule has 0 fully saturated rings. The molecule has 7 nitrogen and oxygen atoms in total. The summed E-state index contributed by atoms with van der Waals surface area (Å²) in [6.45, 7) is 3.53. The fourth-order valence-corrected chi connectivity index (χ4v) is 5.11. The van der Waals surface area contributed by atoms with Crippen molar-refractivity contribution in [2.75, 3.05) is 12.4 Å². The zero-order valence-corrected chi connectivity index (χ0v) is 19.8. The van der Waals surface area contributed by atoms with Gasteiger partial charge in [0.25, 0.3) is 0 Å². The maximum absolute atomic E-state index is 13.4. The monoisotopic (exact) mass is 476 g/mol. The van der Waals surface area contributed by atoms with Gasteiger partial charge < -0.3 is 14.6 Å². The highest BCUT2D eigenvalue weighted by Crippen LogP contribution is 2.24. The fraction of sp³-hybridized carbons (Fsp3) is 0.154. The first kappa shape index (κ1) is 23.3. The number of carbonyl (C=O) groups is 1. The van der Waals surface area contributed by atoms with Gasteiger partial charge in [-0.3, -0.25) is 9.59 Å². The maximum Gasteiger partial charge on any atom is 0.244 e. The molecule has 0 spiro atoms. The summed E-state index contributed by atoms with van der Waals surface area (Å²) in [6, 6.07) is 18.4. The number of nitrogens with one attached hydrogen (secondary N) is 1. The van der Waals surface area contributed by atoms with E-state index >= 15 is 0 Å². The molecule has 0 bridgehead atoms. The number of amides is 1. The van der Waals surface area contributed by atoms with Crippen LogP contribution in [0.25, 0.3) is 10.9 Å². The second-order valence-electron chi connectivity index (χ2n) is 8.01. The van der Waals surface area contributed by atoms with E-state index in [2.05, 4.69) is 5.32 Å². The molecule has 1 aromatic heterocycles. The molecule has 34 heavy (non-hydrogen) atoms. The van der Waals surface area contributed by atoms with Crippen LogP contribution in [0.3, 0.4) is 0 Å². The molecule has 8 heteroatoms. The van der Waals surface area contributed by atoms with Gasteiger partial charge in [-0.25, -0.2) is 8.42 Å². The van der Waals surface area contributed by atoms with E-state index in [0.717, 1.165) is 11.1 Å². The summed E-state index contributed by atoms with van der Waals surface area (Å²) < 4.78 is 33.4. The topological polar surface area (TPSA) is 94.5 Å². The lowest BCUT2D eigenvalue weighted by atomic mass is 10.1. The number of nitrogens with zero attached hydrogens (tertiary/aromatic N) is 1. The van der Waals surface area contributed by atoms with Crippen molar-refractivity contribution in [1.82, 2.24) is 4.57 Å². The molecule has 1 N–H and O–H groups in total. The molecular formula is C26H24N2O5S. The Hall–Kier alpha value is -3.91. The van der Waals surface area contributed by atoms with Gasteiger partial charge in [0.1, 0.15) is 17.2 Å². The summed E-state index contributed by atoms with van der Waals surface area (Å²) in [5.41, 5.74) is 2.24. The number of aromatic nitrogens is 1. The Morgan fingerprint density at radius 2 is 1.71 bits per heavy atom. The lowest BCUT2D eigenvalue weighted by Gasteiger charge is -2.15. The molecule has 0 aliphatic rings. The number of para-hydroxylation sites is 1. The van der Waals surface area contributed by atoms with Gasteiger partial charge in [-0.1, -0.05) is 29.8 Å². The van der Waals surface area contributed by atoms with Crippen molar-refractivity contribution in [3.8, 4) is 5.75 Å². The molecule has 174 valence electrons. The predicted octanol–water partition coefficient (Wildman–Crippen LogP) is 4.10. The number of rotatable bonds is 6. The van der Waals surface area contributed by atoms with Crippen molar-refractivity contribution in [3.63, 3.8) is 0 Å². The number of anilines is 1. The van der Waals surface area contributed by atoms with Crippen LogP contribution in [0.1, 0.15) is 11.1 Å². The molecule has 4 aromatic rings. The minimum Gasteiger partial charge on any atom is -0.497 e. The van der Waals surface area contributed by atoms with E-state index in [9.17, 15) is 18.0 Å². The van der Waals surface area contributed by atoms with Crippen molar-refractivity contribution >= 4 is 32.3 Å².